The number of benzene rings is 1. The lowest BCUT2D eigenvalue weighted by molar-refractivity contribution is -0.143. The first kappa shape index (κ1) is 23.0. The number of rotatable bonds is 8. The van der Waals surface area contributed by atoms with Crippen molar-refractivity contribution in [2.45, 2.75) is 50.7 Å². The summed E-state index contributed by atoms with van der Waals surface area (Å²) in [6.07, 6.45) is 4.90. The molecule has 0 bridgehead atoms. The summed E-state index contributed by atoms with van der Waals surface area (Å²) in [7, 11) is 0. The number of carbonyl (C=O) groups is 3. The van der Waals surface area contributed by atoms with E-state index < -0.39 is 17.9 Å². The van der Waals surface area contributed by atoms with Gasteiger partial charge in [0.1, 0.15) is 11.8 Å². The second kappa shape index (κ2) is 10.5. The maximum absolute atomic E-state index is 12.4. The van der Waals surface area contributed by atoms with Crippen LogP contribution in [0.2, 0.25) is 0 Å². The number of hydrogen-bond acceptors (Lipinski definition) is 5. The third-order valence-corrected chi connectivity index (χ3v) is 5.63. The van der Waals surface area contributed by atoms with Gasteiger partial charge in [-0.15, -0.1) is 12.4 Å². The zero-order chi connectivity index (χ0) is 20.1. The predicted octanol–water partition coefficient (Wildman–Crippen LogP) is 1.31. The van der Waals surface area contributed by atoms with Crippen LogP contribution in [0.4, 0.5) is 0 Å². The van der Waals surface area contributed by atoms with E-state index in [2.05, 4.69) is 5.32 Å². The minimum Gasteiger partial charge on any atom is -0.484 e. The number of hydrogen-bond donors (Lipinski definition) is 3. The van der Waals surface area contributed by atoms with Gasteiger partial charge in [-0.1, -0.05) is 25.0 Å². The van der Waals surface area contributed by atoms with Gasteiger partial charge in [-0.2, -0.15) is 0 Å². The van der Waals surface area contributed by atoms with Crippen molar-refractivity contribution < 1.29 is 24.2 Å². The van der Waals surface area contributed by atoms with Gasteiger partial charge in [-0.3, -0.25) is 19.3 Å². The van der Waals surface area contributed by atoms with Crippen LogP contribution in [0.25, 0.3) is 0 Å². The second-order valence-electron chi connectivity index (χ2n) is 7.55. The second-order valence-corrected chi connectivity index (χ2v) is 7.55. The molecule has 1 saturated carbocycles. The van der Waals surface area contributed by atoms with Crippen LogP contribution in [-0.4, -0.2) is 53.0 Å². The number of amides is 2. The lowest BCUT2D eigenvalue weighted by Crippen LogP contribution is -2.47. The number of fused-ring (bicyclic) bond motifs is 1. The number of carbonyl (C=O) groups excluding carboxylic acids is 2. The first-order chi connectivity index (χ1) is 13.4. The van der Waals surface area contributed by atoms with Crippen molar-refractivity contribution in [3.8, 4) is 5.75 Å². The predicted molar refractivity (Wildman–Crippen MR) is 109 cm³/mol. The fraction of sp³-hybridized carbons (Fsp3) is 0.550. The molecule has 0 radical (unpaired) electrons. The number of nitrogens with two attached hydrogens (primary N) is 1. The van der Waals surface area contributed by atoms with Crippen LogP contribution >= 0.6 is 12.4 Å². The molecule has 0 aromatic heterocycles. The first-order valence-corrected chi connectivity index (χ1v) is 9.69. The largest absolute Gasteiger partial charge is 0.484 e. The van der Waals surface area contributed by atoms with Crippen LogP contribution in [0.3, 0.4) is 0 Å². The summed E-state index contributed by atoms with van der Waals surface area (Å²) in [6.45, 7) is 0.269. The minimum atomic E-state index is -0.839. The monoisotopic (exact) mass is 425 g/mol. The van der Waals surface area contributed by atoms with Gasteiger partial charge < -0.3 is 20.9 Å². The van der Waals surface area contributed by atoms with Crippen molar-refractivity contribution in [1.29, 1.82) is 0 Å². The quantitative estimate of drug-likeness (QED) is 0.577. The Morgan fingerprint density at radius 3 is 2.52 bits per heavy atom. The maximum Gasteiger partial charge on any atom is 0.320 e. The average Bonchev–Trinajstić information content (AvgIpc) is 3.04. The fourth-order valence-electron chi connectivity index (χ4n) is 4.30. The summed E-state index contributed by atoms with van der Waals surface area (Å²) in [5.41, 5.74) is 5.92. The van der Waals surface area contributed by atoms with E-state index in [4.69, 9.17) is 10.5 Å². The van der Waals surface area contributed by atoms with Crippen molar-refractivity contribution in [1.82, 2.24) is 10.2 Å². The van der Waals surface area contributed by atoms with E-state index in [9.17, 15) is 19.5 Å². The molecule has 160 valence electrons. The highest BCUT2D eigenvalue weighted by molar-refractivity contribution is 5.85. The van der Waals surface area contributed by atoms with E-state index in [-0.39, 0.29) is 37.5 Å². The van der Waals surface area contributed by atoms with E-state index in [0.717, 1.165) is 31.2 Å². The molecular weight excluding hydrogens is 398 g/mol. The van der Waals surface area contributed by atoms with Crippen molar-refractivity contribution >= 4 is 30.2 Å². The van der Waals surface area contributed by atoms with Gasteiger partial charge in [-0.25, -0.2) is 0 Å². The molecule has 2 fully saturated rings. The molecule has 29 heavy (non-hydrogen) atoms. The molecule has 1 saturated heterocycles. The lowest BCUT2D eigenvalue weighted by Gasteiger charge is -2.32. The zero-order valence-corrected chi connectivity index (χ0v) is 17.0. The van der Waals surface area contributed by atoms with Crippen LogP contribution in [0.1, 0.15) is 37.7 Å². The van der Waals surface area contributed by atoms with Crippen molar-refractivity contribution in [2.24, 2.45) is 11.7 Å². The summed E-state index contributed by atoms with van der Waals surface area (Å²) in [6, 6.07) is 6.63. The molecule has 8 nitrogen and oxygen atoms in total. The molecule has 0 spiro atoms. The summed E-state index contributed by atoms with van der Waals surface area (Å²) < 4.78 is 5.20. The van der Waals surface area contributed by atoms with Crippen LogP contribution < -0.4 is 15.8 Å². The Morgan fingerprint density at radius 1 is 1.17 bits per heavy atom. The highest BCUT2D eigenvalue weighted by Crippen LogP contribution is 2.39. The number of likely N-dealkylation sites (tertiary alicyclic amines) is 1. The van der Waals surface area contributed by atoms with E-state index in [0.29, 0.717) is 24.6 Å². The zero-order valence-electron chi connectivity index (χ0n) is 16.2. The van der Waals surface area contributed by atoms with Crippen LogP contribution in [0.15, 0.2) is 24.3 Å². The van der Waals surface area contributed by atoms with Crippen molar-refractivity contribution in [3.63, 3.8) is 0 Å². The van der Waals surface area contributed by atoms with Crippen LogP contribution in [-0.2, 0) is 20.9 Å². The SMILES string of the molecule is Cl.NC(=O)COc1ccc(CNC(=O)CN2C(C(=O)O)CC3CCCCC32)cc1. The molecule has 3 unspecified atom stereocenters. The molecule has 1 aromatic rings. The van der Waals surface area contributed by atoms with E-state index in [1.165, 1.54) is 0 Å². The number of ether oxygens (including phenoxy) is 1. The van der Waals surface area contributed by atoms with Gasteiger partial charge >= 0.3 is 5.97 Å². The molecule has 3 atom stereocenters. The average molecular weight is 426 g/mol. The lowest BCUT2D eigenvalue weighted by atomic mass is 9.85. The maximum atomic E-state index is 12.4. The van der Waals surface area contributed by atoms with Gasteiger partial charge in [0.05, 0.1) is 6.54 Å². The van der Waals surface area contributed by atoms with E-state index in [1.54, 1.807) is 24.3 Å². The van der Waals surface area contributed by atoms with Gasteiger partial charge in [0, 0.05) is 12.6 Å². The smallest absolute Gasteiger partial charge is 0.320 e. The molecule has 9 heteroatoms. The molecule has 2 aliphatic rings. The summed E-state index contributed by atoms with van der Waals surface area (Å²) in [5, 5.41) is 12.4. The number of carboxylic acids is 1. The Morgan fingerprint density at radius 2 is 1.86 bits per heavy atom. The topological polar surface area (TPSA) is 122 Å². The van der Waals surface area contributed by atoms with Gasteiger partial charge in [0.15, 0.2) is 6.61 Å². The molecule has 1 aliphatic heterocycles. The Labute approximate surface area is 176 Å². The molecule has 4 N–H and O–H groups in total. The van der Waals surface area contributed by atoms with Gasteiger partial charge in [0.2, 0.25) is 5.91 Å². The van der Waals surface area contributed by atoms with Crippen molar-refractivity contribution in [3.05, 3.63) is 29.8 Å². The Balaban J connectivity index is 0.00000300. The summed E-state index contributed by atoms with van der Waals surface area (Å²) in [5.74, 6) is -0.646. The number of aliphatic carboxylic acids is 1. The normalized spacial score (nSPS) is 23.5. The van der Waals surface area contributed by atoms with E-state index in [1.807, 2.05) is 4.90 Å². The Hall–Kier alpha value is -2.32. The molecule has 1 aliphatic carbocycles. The number of nitrogens with zero attached hydrogens (tertiary/aromatic N) is 1. The summed E-state index contributed by atoms with van der Waals surface area (Å²) >= 11 is 0. The van der Waals surface area contributed by atoms with Crippen LogP contribution in [0.5, 0.6) is 5.75 Å². The third kappa shape index (κ3) is 6.08. The fourth-order valence-corrected chi connectivity index (χ4v) is 4.30. The minimum absolute atomic E-state index is 0. The number of carboxylic acid groups (broad SMARTS) is 1. The number of nitrogens with one attached hydrogen (secondary N) is 1. The first-order valence-electron chi connectivity index (χ1n) is 9.69. The van der Waals surface area contributed by atoms with E-state index >= 15 is 0 Å². The third-order valence-electron chi connectivity index (χ3n) is 5.63. The molecule has 1 heterocycles. The van der Waals surface area contributed by atoms with Gasteiger partial charge in [0.25, 0.3) is 5.91 Å². The highest BCUT2D eigenvalue weighted by atomic mass is 35.5. The molecule has 3 rings (SSSR count). The van der Waals surface area contributed by atoms with Crippen molar-refractivity contribution in [2.75, 3.05) is 13.2 Å². The number of halogens is 1. The Bertz CT molecular complexity index is 727. The van der Waals surface area contributed by atoms with Gasteiger partial charge in [-0.05, 0) is 42.9 Å². The molecule has 2 amide bonds. The number of primary amides is 1. The molecule has 1 aromatic carbocycles. The molecular formula is C20H28ClN3O5. The standard InChI is InChI=1S/C20H27N3O5.ClH/c21-18(24)12-28-15-7-5-13(6-8-15)10-22-19(25)11-23-16-4-2-1-3-14(16)9-17(23)20(26)27;/h5-8,14,16-17H,1-4,9-12H2,(H2,21,24)(H,22,25)(H,26,27);1H. The van der Waals surface area contributed by atoms with Crippen LogP contribution in [0, 0.1) is 5.92 Å². The summed E-state index contributed by atoms with van der Waals surface area (Å²) in [4.78, 5) is 36.7. The highest BCUT2D eigenvalue weighted by Gasteiger charge is 2.45. The Kier molecular flexibility index (Phi) is 8.28.